The van der Waals surface area contributed by atoms with E-state index in [0.29, 0.717) is 28.0 Å². The van der Waals surface area contributed by atoms with E-state index in [1.807, 2.05) is 0 Å². The molecule has 3 aromatic heterocycles. The monoisotopic (exact) mass is 468 g/mol. The van der Waals surface area contributed by atoms with Crippen LogP contribution in [0.25, 0.3) is 34.0 Å². The molecule has 0 fully saturated rings. The molecule has 34 heavy (non-hydrogen) atoms. The number of benzene rings is 1. The summed E-state index contributed by atoms with van der Waals surface area (Å²) in [6, 6.07) is 11.3. The van der Waals surface area contributed by atoms with E-state index in [4.69, 9.17) is 10.1 Å². The maximum absolute atomic E-state index is 13.6. The third-order valence-corrected chi connectivity index (χ3v) is 5.00. The molecule has 0 saturated carbocycles. The van der Waals surface area contributed by atoms with E-state index in [-0.39, 0.29) is 17.1 Å². The van der Waals surface area contributed by atoms with E-state index in [1.165, 1.54) is 34.7 Å². The van der Waals surface area contributed by atoms with Crippen molar-refractivity contribution >= 4 is 23.2 Å². The first kappa shape index (κ1) is 22.8. The number of hydrogen-bond acceptors (Lipinski definition) is 6. The fourth-order valence-electron chi connectivity index (χ4n) is 3.37. The maximum atomic E-state index is 13.6. The minimum atomic E-state index is -4.46. The van der Waals surface area contributed by atoms with Crippen molar-refractivity contribution in [3.8, 4) is 22.6 Å². The van der Waals surface area contributed by atoms with Gasteiger partial charge < -0.3 is 14.6 Å². The van der Waals surface area contributed by atoms with Crippen LogP contribution in [0.4, 0.5) is 19.1 Å². The van der Waals surface area contributed by atoms with Gasteiger partial charge in [-0.1, -0.05) is 6.58 Å². The molecule has 8 nitrogen and oxygen atoms in total. The summed E-state index contributed by atoms with van der Waals surface area (Å²) in [6.07, 6.45) is -0.0697. The number of aromatic nitrogens is 4. The van der Waals surface area contributed by atoms with Crippen molar-refractivity contribution in [2.45, 2.75) is 6.18 Å². The van der Waals surface area contributed by atoms with Gasteiger partial charge in [0.25, 0.3) is 5.56 Å². The van der Waals surface area contributed by atoms with Gasteiger partial charge in [0.05, 0.1) is 12.8 Å². The van der Waals surface area contributed by atoms with Gasteiger partial charge in [0.15, 0.2) is 5.65 Å². The average molecular weight is 468 g/mol. The Morgan fingerprint density at radius 2 is 1.94 bits per heavy atom. The molecule has 0 unspecified atom stereocenters. The first-order valence-electron chi connectivity index (χ1n) is 9.98. The van der Waals surface area contributed by atoms with E-state index < -0.39 is 18.3 Å². The number of anilines is 1. The summed E-state index contributed by atoms with van der Waals surface area (Å²) in [4.78, 5) is 21.8. The minimum Gasteiger partial charge on any atom is -0.497 e. The molecule has 0 amide bonds. The summed E-state index contributed by atoms with van der Waals surface area (Å²) in [5.41, 5.74) is 1.10. The van der Waals surface area contributed by atoms with Crippen LogP contribution in [0.1, 0.15) is 0 Å². The van der Waals surface area contributed by atoms with Gasteiger partial charge in [-0.2, -0.15) is 18.2 Å². The smallest absolute Gasteiger partial charge is 0.405 e. The van der Waals surface area contributed by atoms with Crippen molar-refractivity contribution in [1.29, 1.82) is 5.41 Å². The molecular weight excluding hydrogens is 449 g/mol. The summed E-state index contributed by atoms with van der Waals surface area (Å²) >= 11 is 0. The van der Waals surface area contributed by atoms with Gasteiger partial charge in [0, 0.05) is 35.1 Å². The van der Waals surface area contributed by atoms with Gasteiger partial charge in [-0.25, -0.2) is 4.98 Å². The molecule has 0 aliphatic heterocycles. The molecule has 174 valence electrons. The molecule has 4 rings (SSSR count). The number of methoxy groups -OCH3 is 1. The van der Waals surface area contributed by atoms with Crippen molar-refractivity contribution in [3.05, 3.63) is 77.3 Å². The van der Waals surface area contributed by atoms with Gasteiger partial charge >= 0.3 is 6.18 Å². The SMILES string of the molecule is C=Cn1cc(-c2cc3cnc(NCC(F)(F)F)nc3n(-c3ccc(OC)cc3)c2=O)ccc1=N. The first-order chi connectivity index (χ1) is 16.2. The molecule has 0 saturated heterocycles. The lowest BCUT2D eigenvalue weighted by atomic mass is 10.1. The van der Waals surface area contributed by atoms with E-state index in [1.54, 1.807) is 42.6 Å². The zero-order chi connectivity index (χ0) is 24.5. The zero-order valence-electron chi connectivity index (χ0n) is 17.9. The van der Waals surface area contributed by atoms with E-state index in [2.05, 4.69) is 21.9 Å². The van der Waals surface area contributed by atoms with Crippen molar-refractivity contribution in [2.75, 3.05) is 19.0 Å². The van der Waals surface area contributed by atoms with Crippen molar-refractivity contribution < 1.29 is 17.9 Å². The second kappa shape index (κ2) is 8.85. The summed E-state index contributed by atoms with van der Waals surface area (Å²) in [7, 11) is 1.51. The second-order valence-electron chi connectivity index (χ2n) is 7.23. The van der Waals surface area contributed by atoms with Gasteiger partial charge in [0.1, 0.15) is 17.8 Å². The van der Waals surface area contributed by atoms with Crippen LogP contribution >= 0.6 is 0 Å². The maximum Gasteiger partial charge on any atom is 0.405 e. The highest BCUT2D eigenvalue weighted by molar-refractivity contribution is 5.83. The normalized spacial score (nSPS) is 11.4. The molecule has 1 aromatic carbocycles. The molecule has 0 bridgehead atoms. The standard InChI is InChI=1S/C23H19F3N6O2/c1-3-31-12-14(4-9-19(31)27)18-10-15-11-28-22(29-13-23(24,25)26)30-20(15)32(21(18)33)16-5-7-17(34-2)8-6-16/h3-12,27H,1,13H2,2H3,(H,28,29,30). The van der Waals surface area contributed by atoms with Gasteiger partial charge in [-0.3, -0.25) is 14.8 Å². The van der Waals surface area contributed by atoms with Crippen LogP contribution in [0.5, 0.6) is 5.75 Å². The molecular formula is C23H19F3N6O2. The fourth-order valence-corrected chi connectivity index (χ4v) is 3.37. The second-order valence-corrected chi connectivity index (χ2v) is 7.23. The van der Waals surface area contributed by atoms with Crippen LogP contribution in [0, 0.1) is 5.41 Å². The van der Waals surface area contributed by atoms with Crippen LogP contribution in [-0.2, 0) is 0 Å². The summed E-state index contributed by atoms with van der Waals surface area (Å²) in [5, 5.41) is 10.5. The Hall–Kier alpha value is -4.41. The van der Waals surface area contributed by atoms with Gasteiger partial charge in [-0.05, 0) is 42.5 Å². The Bertz CT molecular complexity index is 1490. The molecule has 2 N–H and O–H groups in total. The number of pyridine rings is 2. The number of nitrogens with zero attached hydrogens (tertiary/aromatic N) is 4. The largest absolute Gasteiger partial charge is 0.497 e. The number of rotatable bonds is 6. The Morgan fingerprint density at radius 1 is 1.21 bits per heavy atom. The van der Waals surface area contributed by atoms with Crippen molar-refractivity contribution in [1.82, 2.24) is 19.1 Å². The Kier molecular flexibility index (Phi) is 5.93. The topological polar surface area (TPSA) is 97.8 Å². The third-order valence-electron chi connectivity index (χ3n) is 5.00. The molecule has 0 spiro atoms. The molecule has 11 heteroatoms. The van der Waals surface area contributed by atoms with Crippen LogP contribution < -0.4 is 21.1 Å². The van der Waals surface area contributed by atoms with Crippen molar-refractivity contribution in [3.63, 3.8) is 0 Å². The number of hydrogen-bond donors (Lipinski definition) is 2. The molecule has 0 aliphatic rings. The zero-order valence-corrected chi connectivity index (χ0v) is 17.9. The number of alkyl halides is 3. The molecule has 0 radical (unpaired) electrons. The fraction of sp³-hybridized carbons (Fsp3) is 0.130. The van der Waals surface area contributed by atoms with Crippen LogP contribution in [-0.4, -0.2) is 38.9 Å². The van der Waals surface area contributed by atoms with E-state index >= 15 is 0 Å². The van der Waals surface area contributed by atoms with E-state index in [9.17, 15) is 18.0 Å². The number of halogens is 3. The summed E-state index contributed by atoms with van der Waals surface area (Å²) < 4.78 is 45.9. The molecule has 0 aliphatic carbocycles. The summed E-state index contributed by atoms with van der Waals surface area (Å²) in [6.45, 7) is 2.35. The first-order valence-corrected chi connectivity index (χ1v) is 9.98. The Labute approximate surface area is 191 Å². The Balaban J connectivity index is 1.97. The number of nitrogens with one attached hydrogen (secondary N) is 2. The van der Waals surface area contributed by atoms with Crippen LogP contribution in [0.2, 0.25) is 0 Å². The minimum absolute atomic E-state index is 0.132. The van der Waals surface area contributed by atoms with Crippen molar-refractivity contribution in [2.24, 2.45) is 0 Å². The van der Waals surface area contributed by atoms with Gasteiger partial charge in [0.2, 0.25) is 5.95 Å². The highest BCUT2D eigenvalue weighted by Gasteiger charge is 2.27. The lowest BCUT2D eigenvalue weighted by molar-refractivity contribution is -0.115. The predicted molar refractivity (Wildman–Crippen MR) is 122 cm³/mol. The predicted octanol–water partition coefficient (Wildman–Crippen LogP) is 3.81. The third kappa shape index (κ3) is 4.53. The lowest BCUT2D eigenvalue weighted by Gasteiger charge is -2.15. The molecule has 0 atom stereocenters. The molecule has 3 heterocycles. The quantitative estimate of drug-likeness (QED) is 0.449. The highest BCUT2D eigenvalue weighted by atomic mass is 19.4. The van der Waals surface area contributed by atoms with Gasteiger partial charge in [-0.15, -0.1) is 0 Å². The highest BCUT2D eigenvalue weighted by Crippen LogP contribution is 2.24. The average Bonchev–Trinajstić information content (AvgIpc) is 2.82. The Morgan fingerprint density at radius 3 is 2.59 bits per heavy atom. The number of fused-ring (bicyclic) bond motifs is 1. The summed E-state index contributed by atoms with van der Waals surface area (Å²) in [5.74, 6) is 0.305. The van der Waals surface area contributed by atoms with Crippen LogP contribution in [0.15, 0.2) is 66.2 Å². The van der Waals surface area contributed by atoms with E-state index in [0.717, 1.165) is 0 Å². The lowest BCUT2D eigenvalue weighted by Crippen LogP contribution is -2.24. The molecule has 4 aromatic rings. The van der Waals surface area contributed by atoms with Crippen LogP contribution in [0.3, 0.4) is 0 Å². The number of ether oxygens (including phenoxy) is 1.